The lowest BCUT2D eigenvalue weighted by Crippen LogP contribution is -2.55. The van der Waals surface area contributed by atoms with Crippen molar-refractivity contribution in [1.29, 1.82) is 0 Å². The van der Waals surface area contributed by atoms with Crippen molar-refractivity contribution in [2.24, 2.45) is 5.84 Å². The number of morpholine rings is 1. The van der Waals surface area contributed by atoms with E-state index < -0.39 is 9.84 Å². The van der Waals surface area contributed by atoms with Gasteiger partial charge in [0, 0.05) is 30.9 Å². The molecule has 0 saturated carbocycles. The van der Waals surface area contributed by atoms with E-state index in [9.17, 15) is 8.42 Å². The summed E-state index contributed by atoms with van der Waals surface area (Å²) in [5.41, 5.74) is 2.79. The lowest BCUT2D eigenvalue weighted by molar-refractivity contribution is -0.0566. The molecule has 2 unspecified atom stereocenters. The van der Waals surface area contributed by atoms with Crippen LogP contribution in [0.1, 0.15) is 33.6 Å². The van der Waals surface area contributed by atoms with E-state index in [0.717, 1.165) is 13.1 Å². The number of nitrogens with zero attached hydrogens (tertiary/aromatic N) is 1. The molecule has 1 rings (SSSR count). The predicted molar refractivity (Wildman–Crippen MR) is 81.1 cm³/mol. The zero-order valence-electron chi connectivity index (χ0n) is 12.8. The van der Waals surface area contributed by atoms with Crippen molar-refractivity contribution in [3.8, 4) is 0 Å². The Balaban J connectivity index is 2.45. The van der Waals surface area contributed by atoms with E-state index in [1.807, 2.05) is 0 Å². The Morgan fingerprint density at radius 3 is 2.70 bits per heavy atom. The fraction of sp³-hybridized carbons (Fsp3) is 1.00. The van der Waals surface area contributed by atoms with Gasteiger partial charge in [0.1, 0.15) is 9.84 Å². The first-order chi connectivity index (χ1) is 9.39. The Morgan fingerprint density at radius 2 is 2.15 bits per heavy atom. The van der Waals surface area contributed by atoms with Gasteiger partial charge in [-0.3, -0.25) is 16.2 Å². The van der Waals surface area contributed by atoms with Crippen LogP contribution < -0.4 is 11.3 Å². The number of hydrogen-bond acceptors (Lipinski definition) is 6. The molecule has 0 aromatic heterocycles. The number of hydrogen-bond donors (Lipinski definition) is 2. The van der Waals surface area contributed by atoms with E-state index in [1.165, 1.54) is 0 Å². The molecule has 2 atom stereocenters. The highest BCUT2D eigenvalue weighted by molar-refractivity contribution is 7.91. The SMILES string of the molecule is CCS(=O)(=O)CCCC(NN)C1CN(C(C)C)CCO1. The van der Waals surface area contributed by atoms with Gasteiger partial charge in [-0.25, -0.2) is 8.42 Å². The molecule has 1 saturated heterocycles. The highest BCUT2D eigenvalue weighted by Crippen LogP contribution is 2.15. The molecule has 0 aromatic carbocycles. The molecule has 120 valence electrons. The Bertz CT molecular complexity index is 373. The van der Waals surface area contributed by atoms with Crippen molar-refractivity contribution >= 4 is 9.84 Å². The fourth-order valence-corrected chi connectivity index (χ4v) is 3.35. The van der Waals surface area contributed by atoms with Crippen LogP contribution in [0.25, 0.3) is 0 Å². The summed E-state index contributed by atoms with van der Waals surface area (Å²) in [6.07, 6.45) is 1.36. The Morgan fingerprint density at radius 1 is 1.45 bits per heavy atom. The molecule has 0 aliphatic carbocycles. The van der Waals surface area contributed by atoms with E-state index in [0.29, 0.717) is 25.5 Å². The van der Waals surface area contributed by atoms with E-state index >= 15 is 0 Å². The molecular formula is C13H29N3O3S. The number of ether oxygens (including phenoxy) is 1. The van der Waals surface area contributed by atoms with Gasteiger partial charge in [-0.2, -0.15) is 0 Å². The van der Waals surface area contributed by atoms with Gasteiger partial charge in [0.05, 0.1) is 18.5 Å². The smallest absolute Gasteiger partial charge is 0.150 e. The van der Waals surface area contributed by atoms with Crippen molar-refractivity contribution in [2.75, 3.05) is 31.2 Å². The quantitative estimate of drug-likeness (QED) is 0.490. The van der Waals surface area contributed by atoms with Gasteiger partial charge < -0.3 is 4.74 Å². The van der Waals surface area contributed by atoms with Crippen LogP contribution in [0.15, 0.2) is 0 Å². The monoisotopic (exact) mass is 307 g/mol. The van der Waals surface area contributed by atoms with Crippen LogP contribution in [-0.4, -0.2) is 62.7 Å². The third-order valence-electron chi connectivity index (χ3n) is 3.93. The summed E-state index contributed by atoms with van der Waals surface area (Å²) in [5, 5.41) is 0. The van der Waals surface area contributed by atoms with E-state index in [1.54, 1.807) is 6.92 Å². The van der Waals surface area contributed by atoms with Crippen LogP contribution >= 0.6 is 0 Å². The normalized spacial score (nSPS) is 23.1. The minimum atomic E-state index is -2.90. The van der Waals surface area contributed by atoms with Gasteiger partial charge >= 0.3 is 0 Å². The van der Waals surface area contributed by atoms with Gasteiger partial charge in [-0.05, 0) is 26.7 Å². The van der Waals surface area contributed by atoms with Gasteiger partial charge in [-0.1, -0.05) is 6.92 Å². The van der Waals surface area contributed by atoms with Crippen molar-refractivity contribution < 1.29 is 13.2 Å². The lowest BCUT2D eigenvalue weighted by Gasteiger charge is -2.38. The predicted octanol–water partition coefficient (Wildman–Crippen LogP) is 0.142. The minimum Gasteiger partial charge on any atom is -0.374 e. The average molecular weight is 307 g/mol. The van der Waals surface area contributed by atoms with Gasteiger partial charge in [0.15, 0.2) is 0 Å². The van der Waals surface area contributed by atoms with Gasteiger partial charge in [-0.15, -0.1) is 0 Å². The largest absolute Gasteiger partial charge is 0.374 e. The molecule has 7 heteroatoms. The highest BCUT2D eigenvalue weighted by Gasteiger charge is 2.28. The molecule has 3 N–H and O–H groups in total. The maximum Gasteiger partial charge on any atom is 0.150 e. The zero-order valence-corrected chi connectivity index (χ0v) is 13.7. The summed E-state index contributed by atoms with van der Waals surface area (Å²) < 4.78 is 28.8. The summed E-state index contributed by atoms with van der Waals surface area (Å²) in [4.78, 5) is 2.36. The maximum absolute atomic E-state index is 11.5. The second kappa shape index (κ2) is 8.29. The number of hydrazine groups is 1. The first-order valence-corrected chi connectivity index (χ1v) is 9.24. The maximum atomic E-state index is 11.5. The van der Waals surface area contributed by atoms with E-state index in [4.69, 9.17) is 10.6 Å². The van der Waals surface area contributed by atoms with Crippen LogP contribution in [0, 0.1) is 0 Å². The van der Waals surface area contributed by atoms with Crippen LogP contribution in [0.2, 0.25) is 0 Å². The van der Waals surface area contributed by atoms with E-state index in [-0.39, 0.29) is 23.7 Å². The topological polar surface area (TPSA) is 84.7 Å². The molecule has 20 heavy (non-hydrogen) atoms. The average Bonchev–Trinajstić information content (AvgIpc) is 2.43. The summed E-state index contributed by atoms with van der Waals surface area (Å²) in [7, 11) is -2.90. The Hall–Kier alpha value is -0.210. The van der Waals surface area contributed by atoms with Crippen LogP contribution in [0.4, 0.5) is 0 Å². The molecule has 6 nitrogen and oxygen atoms in total. The summed E-state index contributed by atoms with van der Waals surface area (Å²) in [6.45, 7) is 8.50. The molecule has 0 spiro atoms. The summed E-state index contributed by atoms with van der Waals surface area (Å²) >= 11 is 0. The molecular weight excluding hydrogens is 278 g/mol. The zero-order chi connectivity index (χ0) is 15.2. The third kappa shape index (κ3) is 5.65. The first kappa shape index (κ1) is 17.8. The minimum absolute atomic E-state index is 0.00334. The van der Waals surface area contributed by atoms with Gasteiger partial charge in [0.2, 0.25) is 0 Å². The second-order valence-corrected chi connectivity index (χ2v) is 8.12. The lowest BCUT2D eigenvalue weighted by atomic mass is 10.0. The molecule has 0 radical (unpaired) electrons. The highest BCUT2D eigenvalue weighted by atomic mass is 32.2. The fourth-order valence-electron chi connectivity index (χ4n) is 2.45. The number of rotatable bonds is 8. The molecule has 0 bridgehead atoms. The van der Waals surface area contributed by atoms with Crippen LogP contribution in [0.5, 0.6) is 0 Å². The van der Waals surface area contributed by atoms with Crippen molar-refractivity contribution in [3.05, 3.63) is 0 Å². The third-order valence-corrected chi connectivity index (χ3v) is 5.72. The molecule has 1 heterocycles. The molecule has 1 fully saturated rings. The van der Waals surface area contributed by atoms with Crippen molar-refractivity contribution in [3.63, 3.8) is 0 Å². The molecule has 0 aromatic rings. The van der Waals surface area contributed by atoms with Crippen LogP contribution in [-0.2, 0) is 14.6 Å². The summed E-state index contributed by atoms with van der Waals surface area (Å²) in [5.74, 6) is 6.04. The van der Waals surface area contributed by atoms with Crippen LogP contribution in [0.3, 0.4) is 0 Å². The Kier molecular flexibility index (Phi) is 7.39. The second-order valence-electron chi connectivity index (χ2n) is 5.65. The van der Waals surface area contributed by atoms with Gasteiger partial charge in [0.25, 0.3) is 0 Å². The van der Waals surface area contributed by atoms with E-state index in [2.05, 4.69) is 24.2 Å². The number of nitrogens with one attached hydrogen (secondary N) is 1. The van der Waals surface area contributed by atoms with Crippen molar-refractivity contribution in [2.45, 2.75) is 51.8 Å². The number of sulfone groups is 1. The van der Waals surface area contributed by atoms with Crippen molar-refractivity contribution in [1.82, 2.24) is 10.3 Å². The molecule has 0 amide bonds. The number of nitrogens with two attached hydrogens (primary N) is 1. The molecule has 1 aliphatic heterocycles. The first-order valence-electron chi connectivity index (χ1n) is 7.41. The Labute approximate surface area is 122 Å². The summed E-state index contributed by atoms with van der Waals surface area (Å²) in [6, 6.07) is 0.490. The molecule has 1 aliphatic rings. The standard InChI is InChI=1S/C13H29N3O3S/c1-4-20(17,18)9-5-6-12(15-14)13-10-16(11(2)3)7-8-19-13/h11-13,15H,4-10,14H2,1-3H3.